The smallest absolute Gasteiger partial charge is 0.0589 e. The van der Waals surface area contributed by atoms with E-state index in [1.54, 1.807) is 0 Å². The molecule has 1 aromatic heterocycles. The van der Waals surface area contributed by atoms with Crippen molar-refractivity contribution in [3.63, 3.8) is 0 Å². The Labute approximate surface area is 114 Å². The predicted octanol–water partition coefficient (Wildman–Crippen LogP) is 4.54. The third-order valence-electron chi connectivity index (χ3n) is 2.96. The van der Waals surface area contributed by atoms with Crippen molar-refractivity contribution >= 4 is 33.5 Å². The van der Waals surface area contributed by atoms with Crippen molar-refractivity contribution in [3.8, 4) is 5.69 Å². The zero-order valence-corrected chi connectivity index (χ0v) is 11.7. The number of hydrogen-bond donors (Lipinski definition) is 0. The number of aromatic nitrogens is 1. The topological polar surface area (TPSA) is 4.93 Å². The molecule has 0 saturated heterocycles. The Balaban J connectivity index is 2.29. The fraction of sp³-hybridized carbons (Fsp3) is 0.0667. The molecule has 3 rings (SSSR count). The highest BCUT2D eigenvalue weighted by molar-refractivity contribution is 14.1. The molecule has 1 nitrogen and oxygen atoms in total. The van der Waals surface area contributed by atoms with Gasteiger partial charge in [0.25, 0.3) is 0 Å². The largest absolute Gasteiger partial charge is 0.315 e. The van der Waals surface area contributed by atoms with E-state index in [9.17, 15) is 0 Å². The van der Waals surface area contributed by atoms with Crippen LogP contribution in [-0.4, -0.2) is 4.57 Å². The Bertz CT molecular complexity index is 682. The van der Waals surface area contributed by atoms with Crippen molar-refractivity contribution in [2.45, 2.75) is 6.92 Å². The average molecular weight is 333 g/mol. The Kier molecular flexibility index (Phi) is 2.67. The molecule has 0 aliphatic heterocycles. The Morgan fingerprint density at radius 3 is 2.65 bits per heavy atom. The lowest BCUT2D eigenvalue weighted by molar-refractivity contribution is 1.12. The summed E-state index contributed by atoms with van der Waals surface area (Å²) in [5, 5.41) is 1.30. The van der Waals surface area contributed by atoms with Gasteiger partial charge < -0.3 is 4.57 Å². The lowest BCUT2D eigenvalue weighted by Gasteiger charge is -2.07. The number of nitrogens with zero attached hydrogens (tertiary/aromatic N) is 1. The molecule has 17 heavy (non-hydrogen) atoms. The monoisotopic (exact) mass is 333 g/mol. The van der Waals surface area contributed by atoms with Crippen molar-refractivity contribution in [2.24, 2.45) is 0 Å². The van der Waals surface area contributed by atoms with Crippen LogP contribution in [-0.2, 0) is 0 Å². The minimum Gasteiger partial charge on any atom is -0.315 e. The van der Waals surface area contributed by atoms with Gasteiger partial charge in [0.15, 0.2) is 0 Å². The summed E-state index contributed by atoms with van der Waals surface area (Å²) in [7, 11) is 0. The third-order valence-corrected chi connectivity index (χ3v) is 3.87. The lowest BCUT2D eigenvalue weighted by atomic mass is 10.2. The summed E-state index contributed by atoms with van der Waals surface area (Å²) in [6.07, 6.45) is 2.14. The van der Waals surface area contributed by atoms with Crippen LogP contribution in [0, 0.1) is 10.5 Å². The zero-order valence-electron chi connectivity index (χ0n) is 9.52. The molecule has 3 aromatic rings. The van der Waals surface area contributed by atoms with Gasteiger partial charge in [-0.2, -0.15) is 0 Å². The van der Waals surface area contributed by atoms with Gasteiger partial charge in [0.2, 0.25) is 0 Å². The summed E-state index contributed by atoms with van der Waals surface area (Å²) in [6, 6.07) is 17.2. The van der Waals surface area contributed by atoms with Crippen molar-refractivity contribution in [1.29, 1.82) is 0 Å². The molecule has 0 aliphatic rings. The van der Waals surface area contributed by atoms with Gasteiger partial charge in [-0.05, 0) is 59.8 Å². The first-order valence-corrected chi connectivity index (χ1v) is 6.66. The minimum atomic E-state index is 1.24. The SMILES string of the molecule is Cc1ccc2c(ccn2-c2ccccc2I)c1. The Morgan fingerprint density at radius 1 is 1.00 bits per heavy atom. The second-order valence-corrected chi connectivity index (χ2v) is 5.36. The van der Waals surface area contributed by atoms with Crippen LogP contribution in [0.1, 0.15) is 5.56 Å². The molecule has 0 unspecified atom stereocenters. The third kappa shape index (κ3) is 1.86. The minimum absolute atomic E-state index is 1.24. The fourth-order valence-corrected chi connectivity index (χ4v) is 2.77. The summed E-state index contributed by atoms with van der Waals surface area (Å²) in [5.74, 6) is 0. The van der Waals surface area contributed by atoms with Gasteiger partial charge in [0, 0.05) is 15.2 Å². The van der Waals surface area contributed by atoms with Crippen LogP contribution in [0.2, 0.25) is 0 Å². The first-order chi connectivity index (χ1) is 8.25. The van der Waals surface area contributed by atoms with Crippen LogP contribution in [0.25, 0.3) is 16.6 Å². The summed E-state index contributed by atoms with van der Waals surface area (Å²) in [6.45, 7) is 2.13. The molecule has 0 saturated carbocycles. The summed E-state index contributed by atoms with van der Waals surface area (Å²) >= 11 is 2.38. The summed E-state index contributed by atoms with van der Waals surface area (Å²) in [5.41, 5.74) is 3.81. The first kappa shape index (κ1) is 10.8. The number of fused-ring (bicyclic) bond motifs is 1. The van der Waals surface area contributed by atoms with Crippen molar-refractivity contribution in [1.82, 2.24) is 4.57 Å². The number of hydrogen-bond acceptors (Lipinski definition) is 0. The second-order valence-electron chi connectivity index (χ2n) is 4.20. The van der Waals surface area contributed by atoms with Crippen LogP contribution >= 0.6 is 22.6 Å². The normalized spacial score (nSPS) is 10.9. The number of benzene rings is 2. The second kappa shape index (κ2) is 4.18. The van der Waals surface area contributed by atoms with Crippen LogP contribution in [0.4, 0.5) is 0 Å². The molecule has 84 valence electrons. The highest BCUT2D eigenvalue weighted by Crippen LogP contribution is 2.24. The molecule has 2 heteroatoms. The lowest BCUT2D eigenvalue weighted by Crippen LogP contribution is -1.94. The predicted molar refractivity (Wildman–Crippen MR) is 80.7 cm³/mol. The average Bonchev–Trinajstić information content (AvgIpc) is 2.72. The highest BCUT2D eigenvalue weighted by atomic mass is 127. The van der Waals surface area contributed by atoms with Crippen LogP contribution in [0.3, 0.4) is 0 Å². The van der Waals surface area contributed by atoms with E-state index in [-0.39, 0.29) is 0 Å². The fourth-order valence-electron chi connectivity index (χ4n) is 2.12. The molecule has 0 bridgehead atoms. The molecular formula is C15H12IN. The highest BCUT2D eigenvalue weighted by Gasteiger charge is 2.05. The Morgan fingerprint density at radius 2 is 1.82 bits per heavy atom. The van der Waals surface area contributed by atoms with E-state index in [2.05, 4.69) is 88.8 Å². The van der Waals surface area contributed by atoms with E-state index in [0.29, 0.717) is 0 Å². The number of rotatable bonds is 1. The van der Waals surface area contributed by atoms with Gasteiger partial charge in [-0.1, -0.05) is 23.8 Å². The van der Waals surface area contributed by atoms with E-state index in [1.165, 1.54) is 25.7 Å². The molecule has 0 amide bonds. The quantitative estimate of drug-likeness (QED) is 0.576. The maximum Gasteiger partial charge on any atom is 0.0589 e. The maximum absolute atomic E-state index is 2.38. The van der Waals surface area contributed by atoms with Crippen LogP contribution in [0.15, 0.2) is 54.7 Å². The van der Waals surface area contributed by atoms with E-state index < -0.39 is 0 Å². The van der Waals surface area contributed by atoms with Crippen molar-refractivity contribution < 1.29 is 0 Å². The molecule has 0 N–H and O–H groups in total. The molecule has 0 radical (unpaired) electrons. The summed E-state index contributed by atoms with van der Waals surface area (Å²) < 4.78 is 3.51. The van der Waals surface area contributed by atoms with Gasteiger partial charge >= 0.3 is 0 Å². The van der Waals surface area contributed by atoms with Gasteiger partial charge in [-0.25, -0.2) is 0 Å². The summed E-state index contributed by atoms with van der Waals surface area (Å²) in [4.78, 5) is 0. The molecule has 0 spiro atoms. The van der Waals surface area contributed by atoms with Gasteiger partial charge in [0.05, 0.1) is 11.2 Å². The molecule has 2 aromatic carbocycles. The number of aryl methyl sites for hydroxylation is 1. The van der Waals surface area contributed by atoms with E-state index in [1.807, 2.05) is 0 Å². The molecule has 1 heterocycles. The first-order valence-electron chi connectivity index (χ1n) is 5.58. The van der Waals surface area contributed by atoms with Gasteiger partial charge in [-0.15, -0.1) is 0 Å². The standard InChI is InChI=1S/C15H12IN/c1-11-6-7-14-12(10-11)8-9-17(14)15-5-3-2-4-13(15)16/h2-10H,1H3. The van der Waals surface area contributed by atoms with Crippen LogP contribution in [0.5, 0.6) is 0 Å². The van der Waals surface area contributed by atoms with E-state index >= 15 is 0 Å². The van der Waals surface area contributed by atoms with E-state index in [4.69, 9.17) is 0 Å². The molecule has 0 fully saturated rings. The number of halogens is 1. The van der Waals surface area contributed by atoms with Crippen LogP contribution < -0.4 is 0 Å². The zero-order chi connectivity index (χ0) is 11.8. The van der Waals surface area contributed by atoms with Crippen molar-refractivity contribution in [2.75, 3.05) is 0 Å². The van der Waals surface area contributed by atoms with Gasteiger partial charge in [0.1, 0.15) is 0 Å². The molecule has 0 atom stereocenters. The van der Waals surface area contributed by atoms with E-state index in [0.717, 1.165) is 0 Å². The Hall–Kier alpha value is -1.29. The molecule has 0 aliphatic carbocycles. The number of para-hydroxylation sites is 1. The maximum atomic E-state index is 2.38. The molecular weight excluding hydrogens is 321 g/mol. The van der Waals surface area contributed by atoms with Gasteiger partial charge in [-0.3, -0.25) is 0 Å². The van der Waals surface area contributed by atoms with Crippen molar-refractivity contribution in [3.05, 3.63) is 63.9 Å².